The maximum absolute atomic E-state index is 14.0. The van der Waals surface area contributed by atoms with Gasteiger partial charge in [0.05, 0.1) is 18.8 Å². The van der Waals surface area contributed by atoms with Gasteiger partial charge in [-0.3, -0.25) is 9.78 Å². The van der Waals surface area contributed by atoms with E-state index in [-0.39, 0.29) is 17.8 Å². The van der Waals surface area contributed by atoms with Crippen molar-refractivity contribution in [2.45, 2.75) is 38.1 Å². The molecule has 1 fully saturated rings. The summed E-state index contributed by atoms with van der Waals surface area (Å²) in [6.07, 6.45) is 3.49. The number of carbonyl (C=O) groups is 1. The Morgan fingerprint density at radius 3 is 2.68 bits per heavy atom. The van der Waals surface area contributed by atoms with E-state index in [0.717, 1.165) is 42.1 Å². The second-order valence-corrected chi connectivity index (χ2v) is 7.92. The van der Waals surface area contributed by atoms with Crippen LogP contribution in [0.2, 0.25) is 0 Å². The molecule has 0 unspecified atom stereocenters. The second kappa shape index (κ2) is 9.73. The molecule has 0 aliphatic carbocycles. The zero-order valence-corrected chi connectivity index (χ0v) is 17.8. The molecule has 4 rings (SSSR count). The molecule has 1 aromatic heterocycles. The van der Waals surface area contributed by atoms with Crippen LogP contribution >= 0.6 is 0 Å². The summed E-state index contributed by atoms with van der Waals surface area (Å²) in [6, 6.07) is 20.5. The fourth-order valence-electron chi connectivity index (χ4n) is 4.18. The molecule has 1 saturated heterocycles. The summed E-state index contributed by atoms with van der Waals surface area (Å²) in [5, 5.41) is 0. The standard InChI is InChI=1S/C26H27FN2O2/c1-31-22-14-11-19(12-15-22)13-16-26(30)29-17-5-10-25(29)24-9-4-7-21(28-24)18-20-6-2-3-8-23(20)27/h2-4,6-9,11-12,14-15,25H,5,10,13,16-18H2,1H3/t25-/m0/s1. The van der Waals surface area contributed by atoms with Crippen molar-refractivity contribution in [2.24, 2.45) is 0 Å². The molecule has 1 aliphatic heterocycles. The molecule has 0 spiro atoms. The number of hydrogen-bond acceptors (Lipinski definition) is 3. The first kappa shape index (κ1) is 21.0. The number of amides is 1. The molecule has 1 amide bonds. The number of aromatic nitrogens is 1. The first-order valence-corrected chi connectivity index (χ1v) is 10.8. The van der Waals surface area contributed by atoms with Crippen LogP contribution in [0.4, 0.5) is 4.39 Å². The predicted molar refractivity (Wildman–Crippen MR) is 118 cm³/mol. The van der Waals surface area contributed by atoms with Crippen LogP contribution in [-0.4, -0.2) is 29.4 Å². The summed E-state index contributed by atoms with van der Waals surface area (Å²) in [5.41, 5.74) is 3.46. The first-order valence-electron chi connectivity index (χ1n) is 10.8. The Labute approximate surface area is 182 Å². The number of hydrogen-bond donors (Lipinski definition) is 0. The van der Waals surface area contributed by atoms with E-state index in [1.165, 1.54) is 6.07 Å². The van der Waals surface area contributed by atoms with Crippen molar-refractivity contribution in [3.8, 4) is 5.75 Å². The summed E-state index contributed by atoms with van der Waals surface area (Å²) in [4.78, 5) is 19.7. The summed E-state index contributed by atoms with van der Waals surface area (Å²) in [5.74, 6) is 0.751. The van der Waals surface area contributed by atoms with Gasteiger partial charge in [0.1, 0.15) is 11.6 Å². The van der Waals surface area contributed by atoms with Gasteiger partial charge in [0.25, 0.3) is 0 Å². The third-order valence-electron chi connectivity index (χ3n) is 5.86. The summed E-state index contributed by atoms with van der Waals surface area (Å²) in [6.45, 7) is 0.755. The minimum absolute atomic E-state index is 0.0102. The van der Waals surface area contributed by atoms with E-state index >= 15 is 0 Å². The van der Waals surface area contributed by atoms with Gasteiger partial charge >= 0.3 is 0 Å². The van der Waals surface area contributed by atoms with Gasteiger partial charge in [0.2, 0.25) is 5.91 Å². The number of rotatable bonds is 7. The van der Waals surface area contributed by atoms with Crippen molar-refractivity contribution in [1.29, 1.82) is 0 Å². The SMILES string of the molecule is COc1ccc(CCC(=O)N2CCC[C@H]2c2cccc(Cc3ccccc3F)n2)cc1. The zero-order valence-electron chi connectivity index (χ0n) is 17.8. The zero-order chi connectivity index (χ0) is 21.6. The van der Waals surface area contributed by atoms with E-state index < -0.39 is 0 Å². The molecule has 1 atom stereocenters. The maximum atomic E-state index is 14.0. The van der Waals surface area contributed by atoms with Gasteiger partial charge in [0.15, 0.2) is 0 Å². The highest BCUT2D eigenvalue weighted by atomic mass is 19.1. The molecule has 0 radical (unpaired) electrons. The molecule has 0 saturated carbocycles. The van der Waals surface area contributed by atoms with E-state index in [2.05, 4.69) is 0 Å². The van der Waals surface area contributed by atoms with Crippen molar-refractivity contribution in [1.82, 2.24) is 9.88 Å². The number of ether oxygens (including phenoxy) is 1. The molecule has 3 aromatic rings. The number of halogens is 1. The predicted octanol–water partition coefficient (Wildman–Crippen LogP) is 5.12. The minimum Gasteiger partial charge on any atom is -0.497 e. The lowest BCUT2D eigenvalue weighted by Gasteiger charge is -2.25. The van der Waals surface area contributed by atoms with Crippen molar-refractivity contribution < 1.29 is 13.9 Å². The fourth-order valence-corrected chi connectivity index (χ4v) is 4.18. The second-order valence-electron chi connectivity index (χ2n) is 7.92. The lowest BCUT2D eigenvalue weighted by Crippen LogP contribution is -2.31. The molecular weight excluding hydrogens is 391 g/mol. The fraction of sp³-hybridized carbons (Fsp3) is 0.308. The number of methoxy groups -OCH3 is 1. The quantitative estimate of drug-likeness (QED) is 0.535. The molecule has 31 heavy (non-hydrogen) atoms. The number of carbonyl (C=O) groups excluding carboxylic acids is 1. The van der Waals surface area contributed by atoms with E-state index in [1.54, 1.807) is 19.2 Å². The van der Waals surface area contributed by atoms with Gasteiger partial charge < -0.3 is 9.64 Å². The highest BCUT2D eigenvalue weighted by Gasteiger charge is 2.30. The number of pyridine rings is 1. The van der Waals surface area contributed by atoms with Crippen LogP contribution in [0.15, 0.2) is 66.7 Å². The van der Waals surface area contributed by atoms with Gasteiger partial charge in [-0.15, -0.1) is 0 Å². The van der Waals surface area contributed by atoms with Crippen LogP contribution < -0.4 is 4.74 Å². The topological polar surface area (TPSA) is 42.4 Å². The van der Waals surface area contributed by atoms with Crippen LogP contribution in [0.5, 0.6) is 5.75 Å². The Morgan fingerprint density at radius 1 is 1.10 bits per heavy atom. The average Bonchev–Trinajstić information content (AvgIpc) is 3.30. The number of likely N-dealkylation sites (tertiary alicyclic amines) is 1. The largest absolute Gasteiger partial charge is 0.497 e. The first-order chi connectivity index (χ1) is 15.1. The Hall–Kier alpha value is -3.21. The van der Waals surface area contributed by atoms with Crippen molar-refractivity contribution in [3.05, 3.63) is 95.1 Å². The van der Waals surface area contributed by atoms with Crippen LogP contribution in [-0.2, 0) is 17.6 Å². The highest BCUT2D eigenvalue weighted by Crippen LogP contribution is 2.32. The van der Waals surface area contributed by atoms with Gasteiger partial charge in [-0.25, -0.2) is 4.39 Å². The third kappa shape index (κ3) is 5.10. The Morgan fingerprint density at radius 2 is 1.90 bits per heavy atom. The van der Waals surface area contributed by atoms with Crippen molar-refractivity contribution in [2.75, 3.05) is 13.7 Å². The molecule has 2 heterocycles. The van der Waals surface area contributed by atoms with Gasteiger partial charge in [-0.2, -0.15) is 0 Å². The smallest absolute Gasteiger partial charge is 0.223 e. The lowest BCUT2D eigenvalue weighted by atomic mass is 10.1. The Bertz CT molecular complexity index is 1040. The Balaban J connectivity index is 1.42. The van der Waals surface area contributed by atoms with Crippen molar-refractivity contribution >= 4 is 5.91 Å². The Kier molecular flexibility index (Phi) is 6.60. The normalized spacial score (nSPS) is 15.8. The summed E-state index contributed by atoms with van der Waals surface area (Å²) in [7, 11) is 1.64. The van der Waals surface area contributed by atoms with E-state index in [0.29, 0.717) is 24.8 Å². The maximum Gasteiger partial charge on any atom is 0.223 e. The van der Waals surface area contributed by atoms with Gasteiger partial charge in [-0.1, -0.05) is 36.4 Å². The molecule has 160 valence electrons. The number of nitrogens with zero attached hydrogens (tertiary/aromatic N) is 2. The minimum atomic E-state index is -0.217. The lowest BCUT2D eigenvalue weighted by molar-refractivity contribution is -0.132. The molecular formula is C26H27FN2O2. The highest BCUT2D eigenvalue weighted by molar-refractivity contribution is 5.77. The third-order valence-corrected chi connectivity index (χ3v) is 5.86. The average molecular weight is 419 g/mol. The molecule has 2 aromatic carbocycles. The van der Waals surface area contributed by atoms with Gasteiger partial charge in [0, 0.05) is 25.1 Å². The summed E-state index contributed by atoms with van der Waals surface area (Å²) < 4.78 is 19.2. The molecule has 1 aliphatic rings. The summed E-state index contributed by atoms with van der Waals surface area (Å²) >= 11 is 0. The van der Waals surface area contributed by atoms with Crippen LogP contribution in [0.3, 0.4) is 0 Å². The number of aryl methyl sites for hydroxylation is 1. The molecule has 4 nitrogen and oxygen atoms in total. The molecule has 0 N–H and O–H groups in total. The van der Waals surface area contributed by atoms with Crippen LogP contribution in [0, 0.1) is 5.82 Å². The van der Waals surface area contributed by atoms with E-state index in [1.807, 2.05) is 53.4 Å². The van der Waals surface area contributed by atoms with Crippen molar-refractivity contribution in [3.63, 3.8) is 0 Å². The van der Waals surface area contributed by atoms with Crippen LogP contribution in [0.1, 0.15) is 47.8 Å². The monoisotopic (exact) mass is 418 g/mol. The van der Waals surface area contributed by atoms with E-state index in [9.17, 15) is 9.18 Å². The molecule has 0 bridgehead atoms. The van der Waals surface area contributed by atoms with Gasteiger partial charge in [-0.05, 0) is 60.7 Å². The molecule has 5 heteroatoms. The number of benzene rings is 2. The van der Waals surface area contributed by atoms with Crippen LogP contribution in [0.25, 0.3) is 0 Å². The van der Waals surface area contributed by atoms with E-state index in [4.69, 9.17) is 9.72 Å².